The van der Waals surface area contributed by atoms with Crippen molar-refractivity contribution in [2.24, 2.45) is 15.7 Å². The molecular weight excluding hydrogens is 540 g/mol. The molecule has 0 unspecified atom stereocenters. The molecule has 1 fully saturated rings. The lowest BCUT2D eigenvalue weighted by Gasteiger charge is -2.39. The van der Waals surface area contributed by atoms with Gasteiger partial charge in [0.15, 0.2) is 5.75 Å². The SMILES string of the molecule is N#Cc1c(N)sc2c(F)ccc(-c3c(F)cc4c(c3Cl)OC[C@H]3CN(C(=O)/N=C/N=CN)CCN3C4=O)c12. The molecule has 0 saturated carbocycles. The number of piperazine rings is 1. The maximum absolute atomic E-state index is 15.6. The van der Waals surface area contributed by atoms with Gasteiger partial charge >= 0.3 is 6.03 Å². The van der Waals surface area contributed by atoms with Gasteiger partial charge in [-0.1, -0.05) is 17.7 Å². The van der Waals surface area contributed by atoms with Gasteiger partial charge < -0.3 is 26.0 Å². The first kappa shape index (κ1) is 25.4. The predicted octanol–water partition coefficient (Wildman–Crippen LogP) is 3.61. The van der Waals surface area contributed by atoms with E-state index >= 15 is 4.39 Å². The molecule has 10 nitrogen and oxygen atoms in total. The number of benzene rings is 2. The largest absolute Gasteiger partial charge is 0.489 e. The number of carbonyl (C=O) groups excluding carboxylic acids is 2. The van der Waals surface area contributed by atoms with E-state index in [4.69, 9.17) is 27.8 Å². The zero-order valence-electron chi connectivity index (χ0n) is 19.5. The highest BCUT2D eigenvalue weighted by atomic mass is 35.5. The lowest BCUT2D eigenvalue weighted by atomic mass is 9.96. The first-order valence-corrected chi connectivity index (χ1v) is 12.4. The lowest BCUT2D eigenvalue weighted by Crippen LogP contribution is -2.57. The molecule has 0 bridgehead atoms. The van der Waals surface area contributed by atoms with Crippen LogP contribution in [0.15, 0.2) is 28.2 Å². The van der Waals surface area contributed by atoms with Crippen molar-refractivity contribution >= 4 is 62.6 Å². The number of nitriles is 1. The van der Waals surface area contributed by atoms with E-state index in [0.29, 0.717) is 0 Å². The fraction of sp³-hybridized carbons (Fsp3) is 0.208. The maximum atomic E-state index is 15.6. The van der Waals surface area contributed by atoms with Crippen molar-refractivity contribution in [2.45, 2.75) is 6.04 Å². The molecule has 14 heteroatoms. The summed E-state index contributed by atoms with van der Waals surface area (Å²) in [5.74, 6) is -2.03. The summed E-state index contributed by atoms with van der Waals surface area (Å²) in [5, 5.41) is 9.62. The number of ether oxygens (including phenoxy) is 1. The summed E-state index contributed by atoms with van der Waals surface area (Å²) < 4.78 is 36.2. The van der Waals surface area contributed by atoms with Crippen LogP contribution in [0.3, 0.4) is 0 Å². The van der Waals surface area contributed by atoms with Crippen molar-refractivity contribution in [1.82, 2.24) is 9.80 Å². The Balaban J connectivity index is 1.55. The summed E-state index contributed by atoms with van der Waals surface area (Å²) in [7, 11) is 0. The topological polar surface area (TPSA) is 150 Å². The molecule has 3 amide bonds. The molecule has 0 radical (unpaired) electrons. The van der Waals surface area contributed by atoms with Crippen molar-refractivity contribution in [3.8, 4) is 22.9 Å². The fourth-order valence-electron chi connectivity index (χ4n) is 4.63. The molecule has 1 aromatic heterocycles. The summed E-state index contributed by atoms with van der Waals surface area (Å²) in [6.45, 7) is 0.435. The van der Waals surface area contributed by atoms with Crippen molar-refractivity contribution in [2.75, 3.05) is 32.0 Å². The van der Waals surface area contributed by atoms with Crippen LogP contribution in [0, 0.1) is 23.0 Å². The molecule has 3 heterocycles. The molecule has 2 aromatic carbocycles. The van der Waals surface area contributed by atoms with E-state index in [2.05, 4.69) is 9.98 Å². The third kappa shape index (κ3) is 4.07. The van der Waals surface area contributed by atoms with Gasteiger partial charge in [0, 0.05) is 30.6 Å². The number of halogens is 3. The van der Waals surface area contributed by atoms with Crippen molar-refractivity contribution < 1.29 is 23.1 Å². The average Bonchev–Trinajstić information content (AvgIpc) is 3.18. The number of anilines is 1. The molecule has 1 atom stereocenters. The number of amides is 3. The van der Waals surface area contributed by atoms with Crippen LogP contribution >= 0.6 is 22.9 Å². The van der Waals surface area contributed by atoms with Gasteiger partial charge in [0.1, 0.15) is 35.7 Å². The highest BCUT2D eigenvalue weighted by Gasteiger charge is 2.38. The third-order valence-corrected chi connectivity index (χ3v) is 7.75. The Bertz CT molecular complexity index is 1600. The Labute approximate surface area is 223 Å². The fourth-order valence-corrected chi connectivity index (χ4v) is 5.93. The quantitative estimate of drug-likeness (QED) is 0.363. The van der Waals surface area contributed by atoms with Gasteiger partial charge in [-0.2, -0.15) is 10.3 Å². The van der Waals surface area contributed by atoms with E-state index in [0.717, 1.165) is 36.1 Å². The molecule has 1 saturated heterocycles. The second-order valence-corrected chi connectivity index (χ2v) is 9.84. The lowest BCUT2D eigenvalue weighted by molar-refractivity contribution is 0.0462. The van der Waals surface area contributed by atoms with Crippen LogP contribution in [0.25, 0.3) is 21.2 Å². The Hall–Kier alpha value is -4.28. The minimum Gasteiger partial charge on any atom is -0.489 e. The maximum Gasteiger partial charge on any atom is 0.345 e. The zero-order chi connectivity index (χ0) is 27.1. The van der Waals surface area contributed by atoms with Crippen molar-refractivity contribution in [3.63, 3.8) is 0 Å². The second-order valence-electron chi connectivity index (χ2n) is 8.41. The number of rotatable bonds is 2. The summed E-state index contributed by atoms with van der Waals surface area (Å²) >= 11 is 7.52. The molecule has 194 valence electrons. The van der Waals surface area contributed by atoms with E-state index in [1.165, 1.54) is 15.9 Å². The summed E-state index contributed by atoms with van der Waals surface area (Å²) in [5.41, 5.74) is 11.0. The number of fused-ring (bicyclic) bond motifs is 3. The van der Waals surface area contributed by atoms with Gasteiger partial charge in [0.05, 0.1) is 33.2 Å². The molecule has 0 aliphatic carbocycles. The first-order valence-electron chi connectivity index (χ1n) is 11.2. The monoisotopic (exact) mass is 557 g/mol. The molecule has 0 spiro atoms. The second kappa shape index (κ2) is 9.88. The number of carbonyl (C=O) groups is 2. The van der Waals surface area contributed by atoms with Gasteiger partial charge in [-0.3, -0.25) is 4.79 Å². The molecular formula is C24H18ClF2N7O3S. The minimum atomic E-state index is -0.852. The molecule has 38 heavy (non-hydrogen) atoms. The van der Waals surface area contributed by atoms with E-state index in [-0.39, 0.29) is 74.4 Å². The molecule has 2 aliphatic heterocycles. The molecule has 5 rings (SSSR count). The van der Waals surface area contributed by atoms with Gasteiger partial charge in [-0.25, -0.2) is 18.6 Å². The molecule has 2 aliphatic rings. The van der Waals surface area contributed by atoms with Gasteiger partial charge in [-0.05, 0) is 17.7 Å². The van der Waals surface area contributed by atoms with Crippen LogP contribution in [-0.2, 0) is 0 Å². The van der Waals surface area contributed by atoms with E-state index in [1.54, 1.807) is 0 Å². The standard InChI is InChI=1S/C24H18ClF2N7O3S/c25-19-18(12-1-2-15(26)21-17(12)14(6-28)22(30)38-21)16(27)5-13-20(19)37-8-11-7-33(3-4-34(11)23(13)35)24(36)32-10-31-9-29/h1-2,5,9-11H,3-4,7-8,30H2,(H2,29,31,32,36)/t11-/m1/s1. The highest BCUT2D eigenvalue weighted by Crippen LogP contribution is 2.47. The Morgan fingerprint density at radius 2 is 2.08 bits per heavy atom. The Morgan fingerprint density at radius 3 is 2.82 bits per heavy atom. The van der Waals surface area contributed by atoms with Crippen molar-refractivity contribution in [1.29, 1.82) is 5.26 Å². The van der Waals surface area contributed by atoms with Gasteiger partial charge in [0.25, 0.3) is 5.91 Å². The first-order chi connectivity index (χ1) is 18.3. The molecule has 3 aromatic rings. The number of nitrogen functional groups attached to an aromatic ring is 1. The highest BCUT2D eigenvalue weighted by molar-refractivity contribution is 7.23. The van der Waals surface area contributed by atoms with Crippen molar-refractivity contribution in [3.05, 3.63) is 46.0 Å². The zero-order valence-corrected chi connectivity index (χ0v) is 21.0. The van der Waals surface area contributed by atoms with Crippen LogP contribution in [-0.4, -0.2) is 66.7 Å². The number of hydrogen-bond donors (Lipinski definition) is 2. The normalized spacial score (nSPS) is 17.4. The number of thiophene rings is 1. The van der Waals surface area contributed by atoms with Gasteiger partial charge in [-0.15, -0.1) is 11.3 Å². The van der Waals surface area contributed by atoms with E-state index in [1.807, 2.05) is 6.07 Å². The smallest absolute Gasteiger partial charge is 0.345 e. The summed E-state index contributed by atoms with van der Waals surface area (Å²) in [6, 6.07) is 4.29. The number of aliphatic imine (C=N–C) groups is 2. The average molecular weight is 558 g/mol. The summed E-state index contributed by atoms with van der Waals surface area (Å²) in [6.07, 6.45) is 2.01. The van der Waals surface area contributed by atoms with Crippen LogP contribution in [0.4, 0.5) is 18.6 Å². The molecule has 4 N–H and O–H groups in total. The van der Waals surface area contributed by atoms with E-state index in [9.17, 15) is 19.2 Å². The van der Waals surface area contributed by atoms with Crippen LogP contribution < -0.4 is 16.2 Å². The Kier molecular flexibility index (Phi) is 6.60. The number of nitrogens with zero attached hydrogens (tertiary/aromatic N) is 5. The van der Waals surface area contributed by atoms with Crippen LogP contribution in [0.1, 0.15) is 15.9 Å². The number of hydrogen-bond acceptors (Lipinski definition) is 6. The van der Waals surface area contributed by atoms with E-state index < -0.39 is 29.6 Å². The third-order valence-electron chi connectivity index (χ3n) is 6.36. The minimum absolute atomic E-state index is 0.00334. The van der Waals surface area contributed by atoms with Gasteiger partial charge in [0.2, 0.25) is 0 Å². The Morgan fingerprint density at radius 1 is 1.29 bits per heavy atom. The van der Waals surface area contributed by atoms with Crippen LogP contribution in [0.5, 0.6) is 5.75 Å². The van der Waals surface area contributed by atoms with Crippen LogP contribution in [0.2, 0.25) is 5.02 Å². The number of nitrogens with two attached hydrogens (primary N) is 2. The summed E-state index contributed by atoms with van der Waals surface area (Å²) in [4.78, 5) is 36.0. The predicted molar refractivity (Wildman–Crippen MR) is 140 cm³/mol. The number of urea groups is 1.